The lowest BCUT2D eigenvalue weighted by atomic mass is 10.0. The van der Waals surface area contributed by atoms with Gasteiger partial charge in [0.05, 0.1) is 6.61 Å². The summed E-state index contributed by atoms with van der Waals surface area (Å²) in [6.45, 7) is -2.82. The first-order valence-electron chi connectivity index (χ1n) is 5.37. The van der Waals surface area contributed by atoms with Gasteiger partial charge in [0.25, 0.3) is 0 Å². The average Bonchev–Trinajstić information content (AvgIpc) is 2.64. The minimum atomic E-state index is -4.06. The van der Waals surface area contributed by atoms with Gasteiger partial charge in [0, 0.05) is 6.54 Å². The first kappa shape index (κ1) is 13.4. The number of alkyl halides is 2. The Morgan fingerprint density at radius 2 is 1.83 bits per heavy atom. The molecule has 0 saturated carbocycles. The van der Waals surface area contributed by atoms with Crippen molar-refractivity contribution in [1.82, 2.24) is 4.31 Å². The maximum absolute atomic E-state index is 13.0. The van der Waals surface area contributed by atoms with Crippen molar-refractivity contribution in [3.63, 3.8) is 0 Å². The molecule has 2 rings (SSSR count). The highest BCUT2D eigenvalue weighted by atomic mass is 32.2. The van der Waals surface area contributed by atoms with E-state index in [2.05, 4.69) is 4.18 Å². The van der Waals surface area contributed by atoms with Crippen LogP contribution in [0, 0.1) is 0 Å². The van der Waals surface area contributed by atoms with Crippen LogP contribution in [0.5, 0.6) is 0 Å². The Morgan fingerprint density at radius 3 is 2.39 bits per heavy atom. The van der Waals surface area contributed by atoms with E-state index in [9.17, 15) is 17.2 Å². The van der Waals surface area contributed by atoms with E-state index in [0.29, 0.717) is 5.56 Å². The summed E-state index contributed by atoms with van der Waals surface area (Å²) in [6, 6.07) is 8.61. The Labute approximate surface area is 104 Å². The van der Waals surface area contributed by atoms with Crippen molar-refractivity contribution in [1.29, 1.82) is 0 Å². The molecular formula is C11H13F2NO3S. The van der Waals surface area contributed by atoms with Crippen LogP contribution < -0.4 is 0 Å². The van der Waals surface area contributed by atoms with E-state index in [1.54, 1.807) is 30.3 Å². The van der Waals surface area contributed by atoms with Gasteiger partial charge in [-0.05, 0) is 5.56 Å². The summed E-state index contributed by atoms with van der Waals surface area (Å²) in [4.78, 5) is 0. The first-order chi connectivity index (χ1) is 8.54. The van der Waals surface area contributed by atoms with Crippen LogP contribution in [0.15, 0.2) is 30.3 Å². The van der Waals surface area contributed by atoms with Gasteiger partial charge in [0.2, 0.25) is 0 Å². The maximum atomic E-state index is 13.0. The monoisotopic (exact) mass is 277 g/mol. The minimum absolute atomic E-state index is 0.100. The number of halogens is 2. The highest BCUT2D eigenvalue weighted by Gasteiger charge is 2.51. The number of nitrogens with zero attached hydrogens (tertiary/aromatic N) is 1. The molecule has 18 heavy (non-hydrogen) atoms. The van der Waals surface area contributed by atoms with E-state index in [1.165, 1.54) is 0 Å². The van der Waals surface area contributed by atoms with Crippen molar-refractivity contribution >= 4 is 10.3 Å². The summed E-state index contributed by atoms with van der Waals surface area (Å²) in [6.07, 6.45) is 0. The van der Waals surface area contributed by atoms with E-state index in [-0.39, 0.29) is 6.54 Å². The predicted molar refractivity (Wildman–Crippen MR) is 61.5 cm³/mol. The van der Waals surface area contributed by atoms with Gasteiger partial charge in [0.15, 0.2) is 0 Å². The van der Waals surface area contributed by atoms with Crippen LogP contribution in [0.1, 0.15) is 5.56 Å². The quantitative estimate of drug-likeness (QED) is 0.836. The topological polar surface area (TPSA) is 46.6 Å². The van der Waals surface area contributed by atoms with Crippen molar-refractivity contribution in [3.05, 3.63) is 35.9 Å². The normalized spacial score (nSPS) is 22.1. The van der Waals surface area contributed by atoms with Gasteiger partial charge in [-0.25, -0.2) is 8.78 Å². The Morgan fingerprint density at radius 1 is 1.22 bits per heavy atom. The largest absolute Gasteiger partial charge is 0.339 e. The summed E-state index contributed by atoms with van der Waals surface area (Å²) < 4.78 is 54.7. The summed E-state index contributed by atoms with van der Waals surface area (Å²) in [7, 11) is -4.06. The lowest BCUT2D eigenvalue weighted by molar-refractivity contribution is 0.103. The number of benzene rings is 1. The minimum Gasteiger partial charge on any atom is -0.256 e. The fourth-order valence-corrected chi connectivity index (χ4v) is 3.23. The van der Waals surface area contributed by atoms with Crippen LogP contribution in [0.4, 0.5) is 8.78 Å². The Hall–Kier alpha value is -1.05. The molecule has 1 saturated heterocycles. The standard InChI is InChI=1S/C11H13F2NO3S/c12-7-11(8-13)9-17-18(15,16)14(11)6-10-4-2-1-3-5-10/h1-5H,6-9H2. The smallest absolute Gasteiger partial charge is 0.256 e. The van der Waals surface area contributed by atoms with Crippen LogP contribution in [-0.2, 0) is 21.0 Å². The molecule has 1 aromatic carbocycles. The van der Waals surface area contributed by atoms with E-state index in [4.69, 9.17) is 0 Å². The van der Waals surface area contributed by atoms with Crippen molar-refractivity contribution in [2.45, 2.75) is 12.1 Å². The first-order valence-corrected chi connectivity index (χ1v) is 6.74. The number of hydrogen-bond acceptors (Lipinski definition) is 3. The molecule has 1 heterocycles. The molecule has 0 N–H and O–H groups in total. The molecule has 1 aromatic rings. The third kappa shape index (κ3) is 2.25. The van der Waals surface area contributed by atoms with E-state index >= 15 is 0 Å². The van der Waals surface area contributed by atoms with E-state index in [0.717, 1.165) is 4.31 Å². The molecule has 0 spiro atoms. The average molecular weight is 277 g/mol. The lowest BCUT2D eigenvalue weighted by Gasteiger charge is -2.29. The van der Waals surface area contributed by atoms with Crippen molar-refractivity contribution in [2.24, 2.45) is 0 Å². The molecule has 4 nitrogen and oxygen atoms in total. The molecular weight excluding hydrogens is 264 g/mol. The van der Waals surface area contributed by atoms with E-state index in [1.807, 2.05) is 0 Å². The molecule has 0 aliphatic carbocycles. The van der Waals surface area contributed by atoms with Gasteiger partial charge < -0.3 is 0 Å². The fourth-order valence-electron chi connectivity index (χ4n) is 1.80. The molecule has 0 atom stereocenters. The molecule has 100 valence electrons. The Kier molecular flexibility index (Phi) is 3.65. The molecule has 0 radical (unpaired) electrons. The second kappa shape index (κ2) is 4.91. The molecule has 0 unspecified atom stereocenters. The van der Waals surface area contributed by atoms with Crippen molar-refractivity contribution < 1.29 is 21.4 Å². The van der Waals surface area contributed by atoms with Gasteiger partial charge in [-0.3, -0.25) is 4.18 Å². The summed E-state index contributed by atoms with van der Waals surface area (Å²) in [5, 5.41) is 0. The molecule has 0 bridgehead atoms. The van der Waals surface area contributed by atoms with Crippen LogP contribution in [0.25, 0.3) is 0 Å². The highest BCUT2D eigenvalue weighted by Crippen LogP contribution is 2.32. The summed E-state index contributed by atoms with van der Waals surface area (Å²) in [5.74, 6) is 0. The van der Waals surface area contributed by atoms with E-state index < -0.39 is 35.8 Å². The third-order valence-electron chi connectivity index (χ3n) is 2.94. The van der Waals surface area contributed by atoms with Gasteiger partial charge in [-0.2, -0.15) is 12.7 Å². The third-order valence-corrected chi connectivity index (χ3v) is 4.41. The molecule has 0 aromatic heterocycles. The Bertz CT molecular complexity index is 502. The van der Waals surface area contributed by atoms with Gasteiger partial charge in [-0.1, -0.05) is 30.3 Å². The van der Waals surface area contributed by atoms with Crippen LogP contribution >= 0.6 is 0 Å². The maximum Gasteiger partial charge on any atom is 0.339 e. The highest BCUT2D eigenvalue weighted by molar-refractivity contribution is 7.84. The predicted octanol–water partition coefficient (Wildman–Crippen LogP) is 1.44. The number of rotatable bonds is 4. The lowest BCUT2D eigenvalue weighted by Crippen LogP contribution is -2.50. The molecule has 1 aliphatic rings. The number of hydrogen-bond donors (Lipinski definition) is 0. The zero-order valence-corrected chi connectivity index (χ0v) is 10.4. The van der Waals surface area contributed by atoms with Crippen LogP contribution in [0.3, 0.4) is 0 Å². The summed E-state index contributed by atoms with van der Waals surface area (Å²) >= 11 is 0. The second-order valence-electron chi connectivity index (χ2n) is 4.20. The zero-order valence-electron chi connectivity index (χ0n) is 9.55. The second-order valence-corrected chi connectivity index (χ2v) is 5.74. The Balaban J connectivity index is 2.32. The van der Waals surface area contributed by atoms with Gasteiger partial charge >= 0.3 is 10.3 Å². The molecule has 1 fully saturated rings. The van der Waals surface area contributed by atoms with Crippen LogP contribution in [0.2, 0.25) is 0 Å². The SMILES string of the molecule is O=S1(=O)OCC(CF)(CF)N1Cc1ccccc1. The van der Waals surface area contributed by atoms with Crippen molar-refractivity contribution in [3.8, 4) is 0 Å². The van der Waals surface area contributed by atoms with Gasteiger partial charge in [-0.15, -0.1) is 0 Å². The van der Waals surface area contributed by atoms with Crippen LogP contribution in [-0.4, -0.2) is 38.2 Å². The molecule has 1 aliphatic heterocycles. The molecule has 7 heteroatoms. The van der Waals surface area contributed by atoms with Crippen molar-refractivity contribution in [2.75, 3.05) is 20.0 Å². The molecule has 0 amide bonds. The summed E-state index contributed by atoms with van der Waals surface area (Å²) in [5.41, 5.74) is -1.08. The fraction of sp³-hybridized carbons (Fsp3) is 0.455. The van der Waals surface area contributed by atoms with Gasteiger partial charge in [0.1, 0.15) is 18.9 Å². The zero-order chi connectivity index (χ0) is 13.2.